The molecule has 0 amide bonds. The molecule has 19 heavy (non-hydrogen) atoms. The van der Waals surface area contributed by atoms with Gasteiger partial charge in [0.25, 0.3) is 0 Å². The summed E-state index contributed by atoms with van der Waals surface area (Å²) in [6.45, 7) is 2.09. The van der Waals surface area contributed by atoms with Crippen molar-refractivity contribution < 1.29 is 4.74 Å². The van der Waals surface area contributed by atoms with Crippen molar-refractivity contribution in [2.24, 2.45) is 5.92 Å². The second-order valence-corrected chi connectivity index (χ2v) is 5.68. The average molecular weight is 261 g/mol. The Morgan fingerprint density at radius 1 is 1.32 bits per heavy atom. The van der Waals surface area contributed by atoms with Crippen molar-refractivity contribution in [3.8, 4) is 0 Å². The van der Waals surface area contributed by atoms with Crippen LogP contribution in [0.2, 0.25) is 0 Å². The molecule has 0 bridgehead atoms. The maximum atomic E-state index is 5.70. The summed E-state index contributed by atoms with van der Waals surface area (Å²) in [6, 6.07) is 10.8. The highest BCUT2D eigenvalue weighted by atomic mass is 16.5. The predicted molar refractivity (Wildman–Crippen MR) is 80.4 cm³/mol. The number of hydrogen-bond acceptors (Lipinski definition) is 2. The van der Waals surface area contributed by atoms with Crippen LogP contribution >= 0.6 is 0 Å². The Labute approximate surface area is 117 Å². The lowest BCUT2D eigenvalue weighted by molar-refractivity contribution is 0.101. The summed E-state index contributed by atoms with van der Waals surface area (Å²) in [6.07, 6.45) is 8.11. The molecule has 0 spiro atoms. The van der Waals surface area contributed by atoms with E-state index in [9.17, 15) is 0 Å². The maximum absolute atomic E-state index is 5.70. The summed E-state index contributed by atoms with van der Waals surface area (Å²) >= 11 is 0. The number of nitrogens with one attached hydrogen (secondary N) is 1. The van der Waals surface area contributed by atoms with E-state index < -0.39 is 0 Å². The van der Waals surface area contributed by atoms with E-state index in [1.807, 2.05) is 0 Å². The second-order valence-electron chi connectivity index (χ2n) is 5.68. The summed E-state index contributed by atoms with van der Waals surface area (Å²) in [5, 5.41) is 3.34. The van der Waals surface area contributed by atoms with Crippen LogP contribution < -0.4 is 5.32 Å². The molecule has 1 aromatic carbocycles. The van der Waals surface area contributed by atoms with Crippen molar-refractivity contribution in [3.63, 3.8) is 0 Å². The van der Waals surface area contributed by atoms with E-state index in [4.69, 9.17) is 4.74 Å². The Hall–Kier alpha value is -0.860. The minimum Gasteiger partial charge on any atom is -0.378 e. The fourth-order valence-corrected chi connectivity index (χ4v) is 3.02. The van der Waals surface area contributed by atoms with Crippen LogP contribution in [0.1, 0.15) is 37.7 Å². The third-order valence-electron chi connectivity index (χ3n) is 4.02. The van der Waals surface area contributed by atoms with Crippen LogP contribution in [0.3, 0.4) is 0 Å². The molecule has 0 aliphatic carbocycles. The topological polar surface area (TPSA) is 21.3 Å². The molecule has 1 heterocycles. The summed E-state index contributed by atoms with van der Waals surface area (Å²) in [5.41, 5.74) is 1.46. The highest BCUT2D eigenvalue weighted by molar-refractivity contribution is 5.15. The van der Waals surface area contributed by atoms with Crippen molar-refractivity contribution in [1.82, 2.24) is 5.32 Å². The molecule has 1 fully saturated rings. The normalized spacial score (nSPS) is 20.6. The Balaban J connectivity index is 1.72. The van der Waals surface area contributed by atoms with E-state index >= 15 is 0 Å². The minimum atomic E-state index is 0.548. The highest BCUT2D eigenvalue weighted by Crippen LogP contribution is 2.21. The fourth-order valence-electron chi connectivity index (χ4n) is 3.02. The summed E-state index contributed by atoms with van der Waals surface area (Å²) in [7, 11) is 2.05. The molecule has 1 aliphatic heterocycles. The molecule has 2 nitrogen and oxygen atoms in total. The van der Waals surface area contributed by atoms with Gasteiger partial charge in [0.1, 0.15) is 0 Å². The van der Waals surface area contributed by atoms with Crippen molar-refractivity contribution in [2.45, 2.75) is 44.6 Å². The van der Waals surface area contributed by atoms with Crippen LogP contribution in [0.5, 0.6) is 0 Å². The largest absolute Gasteiger partial charge is 0.378 e. The molecule has 1 aliphatic rings. The van der Waals surface area contributed by atoms with Gasteiger partial charge in [0.15, 0.2) is 0 Å². The SMILES string of the molecule is CNCC(CCCC1CCCO1)Cc1ccccc1. The molecule has 0 radical (unpaired) electrons. The molecule has 0 aromatic heterocycles. The molecular formula is C17H27NO. The lowest BCUT2D eigenvalue weighted by Gasteiger charge is -2.17. The minimum absolute atomic E-state index is 0.548. The van der Waals surface area contributed by atoms with Gasteiger partial charge in [-0.1, -0.05) is 36.8 Å². The van der Waals surface area contributed by atoms with E-state index in [1.165, 1.54) is 44.1 Å². The van der Waals surface area contributed by atoms with Gasteiger partial charge in [0.05, 0.1) is 6.10 Å². The third-order valence-corrected chi connectivity index (χ3v) is 4.02. The summed E-state index contributed by atoms with van der Waals surface area (Å²) in [5.74, 6) is 0.744. The molecule has 2 heteroatoms. The van der Waals surface area contributed by atoms with Crippen LogP contribution in [0.4, 0.5) is 0 Å². The van der Waals surface area contributed by atoms with Gasteiger partial charge in [-0.2, -0.15) is 0 Å². The number of rotatable bonds is 8. The van der Waals surface area contributed by atoms with Crippen molar-refractivity contribution in [2.75, 3.05) is 20.2 Å². The van der Waals surface area contributed by atoms with Gasteiger partial charge in [0.2, 0.25) is 0 Å². The van der Waals surface area contributed by atoms with Crippen LogP contribution in [0.25, 0.3) is 0 Å². The smallest absolute Gasteiger partial charge is 0.0576 e. The number of ether oxygens (including phenoxy) is 1. The van der Waals surface area contributed by atoms with Crippen LogP contribution in [-0.2, 0) is 11.2 Å². The zero-order chi connectivity index (χ0) is 13.3. The number of benzene rings is 1. The Morgan fingerprint density at radius 3 is 2.84 bits per heavy atom. The Kier molecular flexibility index (Phi) is 6.38. The van der Waals surface area contributed by atoms with Crippen molar-refractivity contribution >= 4 is 0 Å². The lowest BCUT2D eigenvalue weighted by atomic mass is 9.93. The maximum Gasteiger partial charge on any atom is 0.0576 e. The van der Waals surface area contributed by atoms with E-state index in [1.54, 1.807) is 0 Å². The average Bonchev–Trinajstić information content (AvgIpc) is 2.93. The number of hydrogen-bond donors (Lipinski definition) is 1. The van der Waals surface area contributed by atoms with Gasteiger partial charge in [0, 0.05) is 6.61 Å². The second kappa shape index (κ2) is 8.34. The van der Waals surface area contributed by atoms with Gasteiger partial charge in [-0.15, -0.1) is 0 Å². The van der Waals surface area contributed by atoms with E-state index in [0.717, 1.165) is 19.1 Å². The fraction of sp³-hybridized carbons (Fsp3) is 0.647. The molecule has 2 atom stereocenters. The quantitative estimate of drug-likeness (QED) is 0.774. The predicted octanol–water partition coefficient (Wildman–Crippen LogP) is 3.41. The Bertz CT molecular complexity index is 332. The first-order chi connectivity index (χ1) is 9.38. The van der Waals surface area contributed by atoms with Gasteiger partial charge < -0.3 is 10.1 Å². The van der Waals surface area contributed by atoms with Gasteiger partial charge in [-0.05, 0) is 57.2 Å². The molecule has 1 N–H and O–H groups in total. The van der Waals surface area contributed by atoms with Crippen molar-refractivity contribution in [1.29, 1.82) is 0 Å². The molecule has 106 valence electrons. The standard InChI is InChI=1S/C17H27NO/c1-18-14-16(13-15-7-3-2-4-8-15)9-5-10-17-11-6-12-19-17/h2-4,7-8,16-18H,5-6,9-14H2,1H3. The summed E-state index contributed by atoms with van der Waals surface area (Å²) < 4.78 is 5.70. The lowest BCUT2D eigenvalue weighted by Crippen LogP contribution is -2.21. The third kappa shape index (κ3) is 5.33. The molecule has 1 aromatic rings. The Morgan fingerprint density at radius 2 is 2.16 bits per heavy atom. The highest BCUT2D eigenvalue weighted by Gasteiger charge is 2.16. The molecule has 0 saturated carbocycles. The summed E-state index contributed by atoms with van der Waals surface area (Å²) in [4.78, 5) is 0. The molecule has 2 rings (SSSR count). The monoisotopic (exact) mass is 261 g/mol. The van der Waals surface area contributed by atoms with Crippen molar-refractivity contribution in [3.05, 3.63) is 35.9 Å². The molecular weight excluding hydrogens is 234 g/mol. The first-order valence-corrected chi connectivity index (χ1v) is 7.68. The zero-order valence-corrected chi connectivity index (χ0v) is 12.1. The van der Waals surface area contributed by atoms with E-state index in [2.05, 4.69) is 42.7 Å². The van der Waals surface area contributed by atoms with E-state index in [-0.39, 0.29) is 0 Å². The van der Waals surface area contributed by atoms with E-state index in [0.29, 0.717) is 6.10 Å². The van der Waals surface area contributed by atoms with Crippen LogP contribution in [0, 0.1) is 5.92 Å². The molecule has 2 unspecified atom stereocenters. The van der Waals surface area contributed by atoms with Crippen LogP contribution in [-0.4, -0.2) is 26.3 Å². The van der Waals surface area contributed by atoms with Gasteiger partial charge >= 0.3 is 0 Å². The van der Waals surface area contributed by atoms with Crippen LogP contribution in [0.15, 0.2) is 30.3 Å². The zero-order valence-electron chi connectivity index (χ0n) is 12.1. The van der Waals surface area contributed by atoms with Gasteiger partial charge in [-0.25, -0.2) is 0 Å². The first kappa shape index (κ1) is 14.5. The van der Waals surface area contributed by atoms with Gasteiger partial charge in [-0.3, -0.25) is 0 Å². The molecule has 1 saturated heterocycles. The first-order valence-electron chi connectivity index (χ1n) is 7.68.